The minimum atomic E-state index is 0.163. The summed E-state index contributed by atoms with van der Waals surface area (Å²) in [6.07, 6.45) is 4.36. The van der Waals surface area contributed by atoms with Gasteiger partial charge >= 0.3 is 0 Å². The molecule has 0 N–H and O–H groups in total. The molecule has 1 nitrogen and oxygen atoms in total. The maximum Gasteiger partial charge on any atom is 0.123 e. The third-order valence-corrected chi connectivity index (χ3v) is 6.61. The van der Waals surface area contributed by atoms with Gasteiger partial charge in [-0.2, -0.15) is 0 Å². The molecular formula is C17H21BrO. The Morgan fingerprint density at radius 2 is 1.95 bits per heavy atom. The predicted octanol–water partition coefficient (Wildman–Crippen LogP) is 4.84. The maximum absolute atomic E-state index is 5.78. The number of halogens is 1. The molecule has 1 aromatic rings. The molecule has 102 valence electrons. The zero-order valence-corrected chi connectivity index (χ0v) is 13.2. The highest BCUT2D eigenvalue weighted by Crippen LogP contribution is 2.58. The van der Waals surface area contributed by atoms with Gasteiger partial charge < -0.3 is 4.74 Å². The lowest BCUT2D eigenvalue weighted by molar-refractivity contribution is 0.291. The van der Waals surface area contributed by atoms with Crippen molar-refractivity contribution in [2.24, 2.45) is 17.8 Å². The van der Waals surface area contributed by atoms with Crippen molar-refractivity contribution >= 4 is 15.9 Å². The summed E-state index contributed by atoms with van der Waals surface area (Å²) < 4.78 is 5.78. The molecule has 0 saturated heterocycles. The van der Waals surface area contributed by atoms with Crippen LogP contribution in [0.2, 0.25) is 0 Å². The third-order valence-electron chi connectivity index (χ3n) is 5.33. The van der Waals surface area contributed by atoms with E-state index in [2.05, 4.69) is 48.0 Å². The highest BCUT2D eigenvalue weighted by molar-refractivity contribution is 9.09. The summed E-state index contributed by atoms with van der Waals surface area (Å²) >= 11 is 3.97. The number of fused-ring (bicyclic) bond motifs is 2. The number of rotatable bonds is 2. The Morgan fingerprint density at radius 3 is 2.68 bits per heavy atom. The van der Waals surface area contributed by atoms with Crippen molar-refractivity contribution < 1.29 is 4.74 Å². The van der Waals surface area contributed by atoms with Crippen molar-refractivity contribution in [2.45, 2.75) is 43.4 Å². The van der Waals surface area contributed by atoms with Crippen LogP contribution in [0.4, 0.5) is 0 Å². The Morgan fingerprint density at radius 1 is 1.21 bits per heavy atom. The molecule has 0 radical (unpaired) electrons. The maximum atomic E-state index is 5.78. The Bertz CT molecular complexity index is 512. The van der Waals surface area contributed by atoms with E-state index in [1.54, 1.807) is 0 Å². The molecule has 3 unspecified atom stereocenters. The second-order valence-electron chi connectivity index (χ2n) is 7.32. The molecule has 1 heterocycles. The summed E-state index contributed by atoms with van der Waals surface area (Å²) in [7, 11) is 0. The molecule has 0 aromatic heterocycles. The van der Waals surface area contributed by atoms with Gasteiger partial charge in [0, 0.05) is 15.8 Å². The first kappa shape index (κ1) is 12.3. The first-order valence-corrected chi connectivity index (χ1v) is 8.37. The molecular weight excluding hydrogens is 300 g/mol. The average Bonchev–Trinajstić information content (AvgIpc) is 2.88. The van der Waals surface area contributed by atoms with Gasteiger partial charge in [-0.05, 0) is 48.6 Å². The van der Waals surface area contributed by atoms with Crippen LogP contribution in [0.15, 0.2) is 18.2 Å². The molecule has 1 aliphatic heterocycles. The predicted molar refractivity (Wildman–Crippen MR) is 81.0 cm³/mol. The molecule has 2 heteroatoms. The number of benzene rings is 1. The van der Waals surface area contributed by atoms with Crippen molar-refractivity contribution in [3.63, 3.8) is 0 Å². The molecule has 19 heavy (non-hydrogen) atoms. The lowest BCUT2D eigenvalue weighted by atomic mass is 9.84. The minimum Gasteiger partial charge on any atom is -0.492 e. The smallest absolute Gasteiger partial charge is 0.123 e. The van der Waals surface area contributed by atoms with Crippen LogP contribution in [0.5, 0.6) is 5.75 Å². The van der Waals surface area contributed by atoms with Crippen LogP contribution in [0.25, 0.3) is 0 Å². The van der Waals surface area contributed by atoms with Crippen LogP contribution in [0, 0.1) is 17.8 Å². The largest absolute Gasteiger partial charge is 0.492 e. The van der Waals surface area contributed by atoms with Crippen molar-refractivity contribution in [2.75, 3.05) is 6.61 Å². The summed E-state index contributed by atoms with van der Waals surface area (Å²) in [5.41, 5.74) is 3.00. The SMILES string of the molecule is CC1(C)COc2ccc(C(Br)C3CC4CC4C3)cc21. The minimum absolute atomic E-state index is 0.163. The third kappa shape index (κ3) is 1.94. The van der Waals surface area contributed by atoms with Gasteiger partial charge in [0.05, 0.1) is 6.61 Å². The zero-order valence-electron chi connectivity index (χ0n) is 11.7. The fourth-order valence-corrected chi connectivity index (χ4v) is 4.70. The Kier molecular flexibility index (Phi) is 2.58. The number of alkyl halides is 1. The molecule has 0 spiro atoms. The first-order chi connectivity index (χ1) is 9.04. The zero-order chi connectivity index (χ0) is 13.2. The lowest BCUT2D eigenvalue weighted by Crippen LogP contribution is -2.18. The summed E-state index contributed by atoms with van der Waals surface area (Å²) in [6, 6.07) is 6.80. The molecule has 4 rings (SSSR count). The van der Waals surface area contributed by atoms with Gasteiger partial charge in [0.15, 0.2) is 0 Å². The van der Waals surface area contributed by atoms with E-state index in [9.17, 15) is 0 Å². The quantitative estimate of drug-likeness (QED) is 0.708. The summed E-state index contributed by atoms with van der Waals surface area (Å²) in [6.45, 7) is 5.36. The summed E-state index contributed by atoms with van der Waals surface area (Å²) in [4.78, 5) is 0.530. The Hall–Kier alpha value is -0.500. The summed E-state index contributed by atoms with van der Waals surface area (Å²) in [5, 5.41) is 0. The average molecular weight is 321 g/mol. The number of ether oxygens (including phenoxy) is 1. The van der Waals surface area contributed by atoms with Gasteiger partial charge in [0.25, 0.3) is 0 Å². The van der Waals surface area contributed by atoms with Crippen molar-refractivity contribution in [1.29, 1.82) is 0 Å². The van der Waals surface area contributed by atoms with Gasteiger partial charge in [-0.25, -0.2) is 0 Å². The highest BCUT2D eigenvalue weighted by Gasteiger charge is 2.47. The topological polar surface area (TPSA) is 9.23 Å². The molecule has 2 saturated carbocycles. The molecule has 3 atom stereocenters. The van der Waals surface area contributed by atoms with E-state index in [1.807, 2.05) is 0 Å². The Balaban J connectivity index is 1.61. The van der Waals surface area contributed by atoms with E-state index < -0.39 is 0 Å². The van der Waals surface area contributed by atoms with Crippen LogP contribution < -0.4 is 4.74 Å². The van der Waals surface area contributed by atoms with E-state index in [4.69, 9.17) is 4.74 Å². The van der Waals surface area contributed by atoms with Crippen molar-refractivity contribution in [1.82, 2.24) is 0 Å². The second kappa shape index (κ2) is 4.00. The van der Waals surface area contributed by atoms with Crippen LogP contribution in [0.3, 0.4) is 0 Å². The van der Waals surface area contributed by atoms with E-state index >= 15 is 0 Å². The molecule has 0 amide bonds. The van der Waals surface area contributed by atoms with Gasteiger partial charge in [-0.3, -0.25) is 0 Å². The van der Waals surface area contributed by atoms with Gasteiger partial charge in [-0.15, -0.1) is 0 Å². The molecule has 1 aromatic carbocycles. The second-order valence-corrected chi connectivity index (χ2v) is 8.30. The van der Waals surface area contributed by atoms with Crippen LogP contribution in [0.1, 0.15) is 49.1 Å². The van der Waals surface area contributed by atoms with Gasteiger partial charge in [0.1, 0.15) is 5.75 Å². The lowest BCUT2D eigenvalue weighted by Gasteiger charge is -2.22. The van der Waals surface area contributed by atoms with E-state index in [0.717, 1.165) is 30.1 Å². The molecule has 3 aliphatic rings. The fourth-order valence-electron chi connectivity index (χ4n) is 3.98. The van der Waals surface area contributed by atoms with E-state index in [-0.39, 0.29) is 5.41 Å². The van der Waals surface area contributed by atoms with Crippen LogP contribution in [-0.4, -0.2) is 6.61 Å². The van der Waals surface area contributed by atoms with Crippen LogP contribution >= 0.6 is 15.9 Å². The Labute approximate surface area is 123 Å². The standard InChI is InChI=1S/C17H21BrO/c1-17(2)9-19-15-4-3-10(8-14(15)17)16(18)13-6-11-5-12(11)7-13/h3-4,8,11-13,16H,5-7,9H2,1-2H3. The number of hydrogen-bond acceptors (Lipinski definition) is 1. The monoisotopic (exact) mass is 320 g/mol. The van der Waals surface area contributed by atoms with Crippen molar-refractivity contribution in [3.8, 4) is 5.75 Å². The first-order valence-electron chi connectivity index (χ1n) is 7.46. The fraction of sp³-hybridized carbons (Fsp3) is 0.647. The number of hydrogen-bond donors (Lipinski definition) is 0. The van der Waals surface area contributed by atoms with Gasteiger partial charge in [-0.1, -0.05) is 41.9 Å². The molecule has 2 fully saturated rings. The molecule has 0 bridgehead atoms. The van der Waals surface area contributed by atoms with Crippen LogP contribution in [-0.2, 0) is 5.41 Å². The summed E-state index contributed by atoms with van der Waals surface area (Å²) in [5.74, 6) is 4.04. The van der Waals surface area contributed by atoms with Gasteiger partial charge in [0.2, 0.25) is 0 Å². The van der Waals surface area contributed by atoms with E-state index in [1.165, 1.54) is 30.4 Å². The van der Waals surface area contributed by atoms with Crippen molar-refractivity contribution in [3.05, 3.63) is 29.3 Å². The van der Waals surface area contributed by atoms with E-state index in [0.29, 0.717) is 4.83 Å². The molecule has 2 aliphatic carbocycles. The normalized spacial score (nSPS) is 35.4. The highest BCUT2D eigenvalue weighted by atomic mass is 79.9.